The van der Waals surface area contributed by atoms with Crippen LogP contribution >= 0.6 is 0 Å². The molecule has 6 nitrogen and oxygen atoms in total. The normalized spacial score (nSPS) is 20.4. The van der Waals surface area contributed by atoms with Crippen LogP contribution < -0.4 is 0 Å². The first-order valence-electron chi connectivity index (χ1n) is 6.98. The van der Waals surface area contributed by atoms with Gasteiger partial charge in [-0.05, 0) is 19.3 Å². The second kappa shape index (κ2) is 7.24. The lowest BCUT2D eigenvalue weighted by atomic mass is 9.75. The maximum absolute atomic E-state index is 11.8. The van der Waals surface area contributed by atoms with Gasteiger partial charge in [0.25, 0.3) is 0 Å². The summed E-state index contributed by atoms with van der Waals surface area (Å²) in [6.07, 6.45) is 3.49. The van der Waals surface area contributed by atoms with E-state index in [1.165, 1.54) is 0 Å². The van der Waals surface area contributed by atoms with Gasteiger partial charge in [-0.1, -0.05) is 26.8 Å². The number of hydrogen-bond donors (Lipinski definition) is 1. The molecule has 0 aromatic rings. The van der Waals surface area contributed by atoms with Crippen molar-refractivity contribution in [3.05, 3.63) is 12.2 Å². The van der Waals surface area contributed by atoms with Crippen molar-refractivity contribution in [2.75, 3.05) is 6.61 Å². The van der Waals surface area contributed by atoms with Crippen LogP contribution in [0.25, 0.3) is 0 Å². The Labute approximate surface area is 124 Å². The molecule has 1 N–H and O–H groups in total. The Morgan fingerprint density at radius 2 is 1.95 bits per heavy atom. The van der Waals surface area contributed by atoms with Gasteiger partial charge in [-0.2, -0.15) is 0 Å². The third-order valence-corrected chi connectivity index (χ3v) is 3.66. The lowest BCUT2D eigenvalue weighted by Gasteiger charge is -2.37. The average molecular weight is 298 g/mol. The zero-order valence-corrected chi connectivity index (χ0v) is 12.5. The maximum atomic E-state index is 11.8. The number of hydrogen-bond acceptors (Lipinski definition) is 5. The van der Waals surface area contributed by atoms with Crippen LogP contribution in [0.1, 0.15) is 46.0 Å². The topological polar surface area (TPSA) is 89.9 Å². The van der Waals surface area contributed by atoms with E-state index in [2.05, 4.69) is 25.2 Å². The molecule has 0 aromatic heterocycles. The summed E-state index contributed by atoms with van der Waals surface area (Å²) < 4.78 is 9.88. The van der Waals surface area contributed by atoms with Crippen LogP contribution in [0.5, 0.6) is 0 Å². The Morgan fingerprint density at radius 3 is 2.52 bits per heavy atom. The smallest absolute Gasteiger partial charge is 0.341 e. The SMILES string of the molecule is C=C(CC(=O)OC1CCCCC1(C)C)C(=O)OCC(=O)O. The summed E-state index contributed by atoms with van der Waals surface area (Å²) in [4.78, 5) is 33.5. The fourth-order valence-electron chi connectivity index (χ4n) is 2.36. The predicted octanol–water partition coefficient (Wildman–Crippen LogP) is 2.07. The quantitative estimate of drug-likeness (QED) is 0.596. The second-order valence-corrected chi connectivity index (χ2v) is 5.96. The molecule has 0 aromatic carbocycles. The average Bonchev–Trinajstić information content (AvgIpc) is 2.38. The fraction of sp³-hybridized carbons (Fsp3) is 0.667. The van der Waals surface area contributed by atoms with Crippen molar-refractivity contribution < 1.29 is 29.0 Å². The van der Waals surface area contributed by atoms with Gasteiger partial charge in [-0.3, -0.25) is 4.79 Å². The molecule has 0 bridgehead atoms. The van der Waals surface area contributed by atoms with E-state index in [4.69, 9.17) is 9.84 Å². The number of aliphatic carboxylic acids is 1. The summed E-state index contributed by atoms with van der Waals surface area (Å²) in [5, 5.41) is 8.40. The molecule has 1 rings (SSSR count). The molecule has 1 aliphatic carbocycles. The van der Waals surface area contributed by atoms with E-state index in [-0.39, 0.29) is 23.5 Å². The van der Waals surface area contributed by atoms with Gasteiger partial charge < -0.3 is 14.6 Å². The molecule has 0 heterocycles. The number of carboxylic acids is 1. The van der Waals surface area contributed by atoms with E-state index < -0.39 is 24.5 Å². The third-order valence-electron chi connectivity index (χ3n) is 3.66. The van der Waals surface area contributed by atoms with Gasteiger partial charge in [0.1, 0.15) is 6.10 Å². The molecule has 0 amide bonds. The Balaban J connectivity index is 2.44. The van der Waals surface area contributed by atoms with Crippen LogP contribution in [-0.2, 0) is 23.9 Å². The first-order chi connectivity index (χ1) is 9.72. The standard InChI is InChI=1S/C15H22O6/c1-10(14(19)20-9-12(16)17)8-13(18)21-11-6-4-5-7-15(11,2)3/h11H,1,4-9H2,2-3H3,(H,16,17). The molecule has 6 heteroatoms. The third kappa shape index (κ3) is 5.57. The highest BCUT2D eigenvalue weighted by atomic mass is 16.6. The molecular formula is C15H22O6. The molecule has 0 saturated heterocycles. The predicted molar refractivity (Wildman–Crippen MR) is 74.5 cm³/mol. The Hall–Kier alpha value is -1.85. The lowest BCUT2D eigenvalue weighted by molar-refractivity contribution is -0.158. The lowest BCUT2D eigenvalue weighted by Crippen LogP contribution is -2.37. The molecule has 0 aliphatic heterocycles. The molecule has 0 radical (unpaired) electrons. The van der Waals surface area contributed by atoms with E-state index in [1.807, 2.05) is 0 Å². The van der Waals surface area contributed by atoms with Crippen molar-refractivity contribution in [2.24, 2.45) is 5.41 Å². The second-order valence-electron chi connectivity index (χ2n) is 5.96. The summed E-state index contributed by atoms with van der Waals surface area (Å²) in [6.45, 7) is 6.80. The molecule has 118 valence electrons. The summed E-state index contributed by atoms with van der Waals surface area (Å²) in [5.41, 5.74) is -0.172. The minimum Gasteiger partial charge on any atom is -0.479 e. The monoisotopic (exact) mass is 298 g/mol. The number of esters is 2. The van der Waals surface area contributed by atoms with E-state index >= 15 is 0 Å². The van der Waals surface area contributed by atoms with Gasteiger partial charge in [0.2, 0.25) is 0 Å². The van der Waals surface area contributed by atoms with Gasteiger partial charge in [-0.15, -0.1) is 0 Å². The largest absolute Gasteiger partial charge is 0.479 e. The maximum Gasteiger partial charge on any atom is 0.341 e. The summed E-state index contributed by atoms with van der Waals surface area (Å²) in [5.74, 6) is -2.69. The van der Waals surface area contributed by atoms with Crippen LogP contribution in [0.3, 0.4) is 0 Å². The molecule has 1 fully saturated rings. The van der Waals surface area contributed by atoms with Crippen LogP contribution in [0.2, 0.25) is 0 Å². The highest BCUT2D eigenvalue weighted by molar-refractivity contribution is 5.94. The van der Waals surface area contributed by atoms with Crippen molar-refractivity contribution in [2.45, 2.75) is 52.1 Å². The molecule has 1 atom stereocenters. The van der Waals surface area contributed by atoms with Crippen LogP contribution in [0, 0.1) is 5.41 Å². The van der Waals surface area contributed by atoms with Gasteiger partial charge in [0.15, 0.2) is 6.61 Å². The molecule has 1 aliphatic rings. The molecular weight excluding hydrogens is 276 g/mol. The van der Waals surface area contributed by atoms with Crippen molar-refractivity contribution in [3.8, 4) is 0 Å². The minimum absolute atomic E-state index is 0.0704. The van der Waals surface area contributed by atoms with Gasteiger partial charge in [0.05, 0.1) is 6.42 Å². The number of carbonyl (C=O) groups excluding carboxylic acids is 2. The first-order valence-corrected chi connectivity index (χ1v) is 6.98. The highest BCUT2D eigenvalue weighted by Crippen LogP contribution is 2.37. The van der Waals surface area contributed by atoms with Crippen LogP contribution in [0.4, 0.5) is 0 Å². The van der Waals surface area contributed by atoms with E-state index in [0.29, 0.717) is 0 Å². The van der Waals surface area contributed by atoms with Gasteiger partial charge in [0, 0.05) is 11.0 Å². The fourth-order valence-corrected chi connectivity index (χ4v) is 2.36. The van der Waals surface area contributed by atoms with Crippen molar-refractivity contribution in [1.29, 1.82) is 0 Å². The van der Waals surface area contributed by atoms with Crippen molar-refractivity contribution in [3.63, 3.8) is 0 Å². The van der Waals surface area contributed by atoms with E-state index in [1.54, 1.807) is 0 Å². The Bertz CT molecular complexity index is 437. The summed E-state index contributed by atoms with van der Waals surface area (Å²) >= 11 is 0. The summed E-state index contributed by atoms with van der Waals surface area (Å²) in [6, 6.07) is 0. The molecule has 21 heavy (non-hydrogen) atoms. The highest BCUT2D eigenvalue weighted by Gasteiger charge is 2.35. The van der Waals surface area contributed by atoms with Gasteiger partial charge >= 0.3 is 17.9 Å². The molecule has 1 saturated carbocycles. The first kappa shape index (κ1) is 17.2. The Morgan fingerprint density at radius 1 is 1.29 bits per heavy atom. The number of carbonyl (C=O) groups is 3. The van der Waals surface area contributed by atoms with Crippen molar-refractivity contribution in [1.82, 2.24) is 0 Å². The van der Waals surface area contributed by atoms with Crippen molar-refractivity contribution >= 4 is 17.9 Å². The van der Waals surface area contributed by atoms with E-state index in [9.17, 15) is 14.4 Å². The number of carboxylic acid groups (broad SMARTS) is 1. The molecule has 0 spiro atoms. The number of ether oxygens (including phenoxy) is 2. The van der Waals surface area contributed by atoms with Crippen LogP contribution in [-0.4, -0.2) is 35.7 Å². The van der Waals surface area contributed by atoms with E-state index in [0.717, 1.165) is 25.7 Å². The zero-order valence-electron chi connectivity index (χ0n) is 12.5. The molecule has 1 unspecified atom stereocenters. The van der Waals surface area contributed by atoms with Crippen LogP contribution in [0.15, 0.2) is 12.2 Å². The minimum atomic E-state index is -1.26. The summed E-state index contributed by atoms with van der Waals surface area (Å²) in [7, 11) is 0. The Kier molecular flexibility index (Phi) is 5.93. The number of rotatable bonds is 6. The zero-order chi connectivity index (χ0) is 16.0. The van der Waals surface area contributed by atoms with Gasteiger partial charge in [-0.25, -0.2) is 9.59 Å².